The molecule has 94 valence electrons. The third-order valence-electron chi connectivity index (χ3n) is 3.50. The minimum absolute atomic E-state index is 0.0325. The first-order valence-corrected chi connectivity index (χ1v) is 6.14. The molecule has 0 bridgehead atoms. The topological polar surface area (TPSA) is 53.7 Å². The highest BCUT2D eigenvalue weighted by Gasteiger charge is 2.33. The summed E-state index contributed by atoms with van der Waals surface area (Å²) in [5, 5.41) is 9.24. The highest BCUT2D eigenvalue weighted by Crippen LogP contribution is 2.29. The molecule has 4 heteroatoms. The Morgan fingerprint density at radius 1 is 1.53 bits per heavy atom. The monoisotopic (exact) mass is 237 g/mol. The Hall–Kier alpha value is -1.29. The van der Waals surface area contributed by atoms with Crippen LogP contribution in [0.3, 0.4) is 0 Å². The van der Waals surface area contributed by atoms with Crippen LogP contribution in [0.4, 0.5) is 0 Å². The molecule has 1 fully saturated rings. The first-order chi connectivity index (χ1) is 8.09. The Bertz CT molecular complexity index is 399. The van der Waals surface area contributed by atoms with Gasteiger partial charge in [-0.25, -0.2) is 0 Å². The molecule has 1 aromatic rings. The van der Waals surface area contributed by atoms with Crippen molar-refractivity contribution in [1.29, 1.82) is 0 Å². The van der Waals surface area contributed by atoms with Gasteiger partial charge in [-0.05, 0) is 45.4 Å². The van der Waals surface area contributed by atoms with Crippen LogP contribution in [0.5, 0.6) is 0 Å². The second kappa shape index (κ2) is 4.92. The Labute approximate surface area is 101 Å². The molecular weight excluding hydrogens is 218 g/mol. The summed E-state index contributed by atoms with van der Waals surface area (Å²) in [7, 11) is 0. The summed E-state index contributed by atoms with van der Waals surface area (Å²) in [5.74, 6) is 1.01. The number of hydrogen-bond donors (Lipinski definition) is 1. The second-order valence-electron chi connectivity index (χ2n) is 4.71. The lowest BCUT2D eigenvalue weighted by atomic mass is 9.99. The normalized spacial score (nSPS) is 23.5. The Balaban J connectivity index is 2.16. The van der Waals surface area contributed by atoms with E-state index in [1.165, 1.54) is 0 Å². The Morgan fingerprint density at radius 3 is 2.88 bits per heavy atom. The smallest absolute Gasteiger partial charge is 0.320 e. The van der Waals surface area contributed by atoms with Gasteiger partial charge in [0.1, 0.15) is 17.6 Å². The van der Waals surface area contributed by atoms with Gasteiger partial charge in [-0.3, -0.25) is 9.69 Å². The lowest BCUT2D eigenvalue weighted by Crippen LogP contribution is -2.45. The van der Waals surface area contributed by atoms with Gasteiger partial charge in [0.15, 0.2) is 0 Å². The van der Waals surface area contributed by atoms with Crippen LogP contribution in [0.15, 0.2) is 16.5 Å². The number of aryl methyl sites for hydroxylation is 1. The van der Waals surface area contributed by atoms with Gasteiger partial charge in [0, 0.05) is 0 Å². The van der Waals surface area contributed by atoms with Crippen molar-refractivity contribution in [2.75, 3.05) is 6.54 Å². The van der Waals surface area contributed by atoms with Gasteiger partial charge < -0.3 is 9.52 Å². The lowest BCUT2D eigenvalue weighted by molar-refractivity contribution is -0.145. The summed E-state index contributed by atoms with van der Waals surface area (Å²) in [5.41, 5.74) is 0. The fourth-order valence-electron chi connectivity index (χ4n) is 2.52. The molecule has 0 aromatic carbocycles. The summed E-state index contributed by atoms with van der Waals surface area (Å²) in [6.07, 6.45) is 2.80. The maximum Gasteiger partial charge on any atom is 0.320 e. The number of rotatable bonds is 3. The summed E-state index contributed by atoms with van der Waals surface area (Å²) in [6.45, 7) is 4.75. The van der Waals surface area contributed by atoms with E-state index < -0.39 is 5.97 Å². The van der Waals surface area contributed by atoms with E-state index in [1.54, 1.807) is 0 Å². The fourth-order valence-corrected chi connectivity index (χ4v) is 2.52. The van der Waals surface area contributed by atoms with Gasteiger partial charge in [-0.15, -0.1) is 0 Å². The molecule has 0 aliphatic carbocycles. The molecule has 1 saturated heterocycles. The minimum atomic E-state index is -0.722. The molecule has 0 amide bonds. The standard InChI is InChI=1S/C13H19NO3/c1-9-6-7-12(17-9)10(2)14-8-4-3-5-11(14)13(15)16/h6-7,10-11H,3-5,8H2,1-2H3,(H,15,16). The van der Waals surface area contributed by atoms with Gasteiger partial charge in [0.2, 0.25) is 0 Å². The van der Waals surface area contributed by atoms with Crippen LogP contribution in [-0.2, 0) is 4.79 Å². The summed E-state index contributed by atoms with van der Waals surface area (Å²) >= 11 is 0. The third kappa shape index (κ3) is 2.52. The van der Waals surface area contributed by atoms with E-state index in [9.17, 15) is 9.90 Å². The van der Waals surface area contributed by atoms with Crippen molar-refractivity contribution >= 4 is 5.97 Å². The molecule has 2 atom stereocenters. The van der Waals surface area contributed by atoms with Crippen LogP contribution in [0.25, 0.3) is 0 Å². The van der Waals surface area contributed by atoms with E-state index in [2.05, 4.69) is 0 Å². The molecular formula is C13H19NO3. The fraction of sp³-hybridized carbons (Fsp3) is 0.615. The third-order valence-corrected chi connectivity index (χ3v) is 3.50. The van der Waals surface area contributed by atoms with Crippen molar-refractivity contribution in [1.82, 2.24) is 4.90 Å². The van der Waals surface area contributed by atoms with Crippen LogP contribution in [0.2, 0.25) is 0 Å². The molecule has 1 aliphatic rings. The first-order valence-electron chi connectivity index (χ1n) is 6.14. The maximum absolute atomic E-state index is 11.2. The van der Waals surface area contributed by atoms with Gasteiger partial charge in [0.25, 0.3) is 0 Å². The predicted molar refractivity (Wildman–Crippen MR) is 63.8 cm³/mol. The highest BCUT2D eigenvalue weighted by atomic mass is 16.4. The molecule has 1 aliphatic heterocycles. The molecule has 2 unspecified atom stereocenters. The van der Waals surface area contributed by atoms with Crippen LogP contribution in [0, 0.1) is 6.92 Å². The van der Waals surface area contributed by atoms with Crippen molar-refractivity contribution in [2.24, 2.45) is 0 Å². The molecule has 0 saturated carbocycles. The average molecular weight is 237 g/mol. The minimum Gasteiger partial charge on any atom is -0.480 e. The lowest BCUT2D eigenvalue weighted by Gasteiger charge is -2.36. The second-order valence-corrected chi connectivity index (χ2v) is 4.71. The molecule has 1 N–H and O–H groups in total. The van der Waals surface area contributed by atoms with Gasteiger partial charge in [-0.1, -0.05) is 6.42 Å². The number of carbonyl (C=O) groups is 1. The summed E-state index contributed by atoms with van der Waals surface area (Å²) < 4.78 is 5.59. The first kappa shape index (κ1) is 12.2. The number of hydrogen-bond acceptors (Lipinski definition) is 3. The van der Waals surface area contributed by atoms with E-state index in [0.29, 0.717) is 0 Å². The van der Waals surface area contributed by atoms with E-state index in [4.69, 9.17) is 4.42 Å². The van der Waals surface area contributed by atoms with Gasteiger partial charge >= 0.3 is 5.97 Å². The zero-order valence-corrected chi connectivity index (χ0v) is 10.3. The van der Waals surface area contributed by atoms with Crippen molar-refractivity contribution in [3.8, 4) is 0 Å². The highest BCUT2D eigenvalue weighted by molar-refractivity contribution is 5.73. The predicted octanol–water partition coefficient (Wildman–Crippen LogP) is 2.59. The Morgan fingerprint density at radius 2 is 2.29 bits per heavy atom. The quantitative estimate of drug-likeness (QED) is 0.878. The van der Waals surface area contributed by atoms with E-state index in [-0.39, 0.29) is 12.1 Å². The van der Waals surface area contributed by atoms with Crippen molar-refractivity contribution in [2.45, 2.75) is 45.2 Å². The molecule has 0 radical (unpaired) electrons. The van der Waals surface area contributed by atoms with Crippen LogP contribution in [0.1, 0.15) is 43.7 Å². The van der Waals surface area contributed by atoms with E-state index in [0.717, 1.165) is 37.3 Å². The number of likely N-dealkylation sites (tertiary alicyclic amines) is 1. The number of piperidine rings is 1. The molecule has 0 spiro atoms. The zero-order valence-electron chi connectivity index (χ0n) is 10.3. The number of nitrogens with zero attached hydrogens (tertiary/aromatic N) is 1. The number of furan rings is 1. The average Bonchev–Trinajstić information content (AvgIpc) is 2.75. The van der Waals surface area contributed by atoms with Crippen molar-refractivity contribution in [3.05, 3.63) is 23.7 Å². The van der Waals surface area contributed by atoms with Gasteiger partial charge in [0.05, 0.1) is 6.04 Å². The van der Waals surface area contributed by atoms with Crippen molar-refractivity contribution < 1.29 is 14.3 Å². The van der Waals surface area contributed by atoms with Crippen LogP contribution in [-0.4, -0.2) is 28.6 Å². The summed E-state index contributed by atoms with van der Waals surface area (Å²) in [6, 6.07) is 3.52. The van der Waals surface area contributed by atoms with Crippen LogP contribution >= 0.6 is 0 Å². The van der Waals surface area contributed by atoms with E-state index in [1.807, 2.05) is 30.9 Å². The maximum atomic E-state index is 11.2. The summed E-state index contributed by atoms with van der Waals surface area (Å²) in [4.78, 5) is 13.3. The number of carboxylic acid groups (broad SMARTS) is 1. The van der Waals surface area contributed by atoms with Gasteiger partial charge in [-0.2, -0.15) is 0 Å². The molecule has 2 rings (SSSR count). The largest absolute Gasteiger partial charge is 0.480 e. The number of aliphatic carboxylic acids is 1. The van der Waals surface area contributed by atoms with Crippen LogP contribution < -0.4 is 0 Å². The zero-order chi connectivity index (χ0) is 12.4. The molecule has 17 heavy (non-hydrogen) atoms. The Kier molecular flexibility index (Phi) is 3.52. The number of carboxylic acids is 1. The SMILES string of the molecule is Cc1ccc(C(C)N2CCCCC2C(=O)O)o1. The molecule has 2 heterocycles. The molecule has 4 nitrogen and oxygen atoms in total. The van der Waals surface area contributed by atoms with Crippen molar-refractivity contribution in [3.63, 3.8) is 0 Å². The van der Waals surface area contributed by atoms with E-state index >= 15 is 0 Å². The molecule has 1 aromatic heterocycles.